The lowest BCUT2D eigenvalue weighted by molar-refractivity contribution is 0.0969. The molecule has 2 nitrogen and oxygen atoms in total. The minimum absolute atomic E-state index is 0.0608. The van der Waals surface area contributed by atoms with Crippen LogP contribution in [0.2, 0.25) is 0 Å². The molecule has 0 aromatic carbocycles. The van der Waals surface area contributed by atoms with Crippen LogP contribution in [0.5, 0.6) is 0 Å². The van der Waals surface area contributed by atoms with Gasteiger partial charge in [0.2, 0.25) is 0 Å². The van der Waals surface area contributed by atoms with Crippen LogP contribution in [0.15, 0.2) is 9.85 Å². The summed E-state index contributed by atoms with van der Waals surface area (Å²) in [6, 6.07) is 1.98. The van der Waals surface area contributed by atoms with Crippen molar-refractivity contribution in [3.63, 3.8) is 0 Å². The van der Waals surface area contributed by atoms with Crippen LogP contribution in [0.25, 0.3) is 0 Å². The van der Waals surface area contributed by atoms with Gasteiger partial charge >= 0.3 is 0 Å². The fraction of sp³-hybridized carbons (Fsp3) is 0.167. The Labute approximate surface area is 70.4 Å². The fourth-order valence-electron chi connectivity index (χ4n) is 0.974. The molecule has 0 saturated heterocycles. The topological polar surface area (TPSA) is 29.1 Å². The second kappa shape index (κ2) is 2.07. The van der Waals surface area contributed by atoms with Crippen LogP contribution in [0, 0.1) is 0 Å². The molecule has 0 bridgehead atoms. The second-order valence-electron chi connectivity index (χ2n) is 2.09. The maximum atomic E-state index is 11.0. The Kier molecular flexibility index (Phi) is 1.32. The lowest BCUT2D eigenvalue weighted by Crippen LogP contribution is -2.12. The van der Waals surface area contributed by atoms with E-state index in [1.165, 1.54) is 11.3 Å². The first-order valence-corrected chi connectivity index (χ1v) is 4.45. The van der Waals surface area contributed by atoms with Gasteiger partial charge in [0.15, 0.2) is 0 Å². The number of carbonyl (C=O) groups excluding carboxylic acids is 1. The van der Waals surface area contributed by atoms with E-state index in [2.05, 4.69) is 21.2 Å². The van der Waals surface area contributed by atoms with Crippen molar-refractivity contribution in [3.8, 4) is 0 Å². The van der Waals surface area contributed by atoms with Crippen molar-refractivity contribution in [2.24, 2.45) is 0 Å². The summed E-state index contributed by atoms with van der Waals surface area (Å²) in [5.74, 6) is 0.0608. The molecule has 0 aliphatic carbocycles. The highest BCUT2D eigenvalue weighted by Crippen LogP contribution is 2.29. The Morgan fingerprint density at radius 1 is 1.70 bits per heavy atom. The maximum Gasteiger partial charge on any atom is 0.262 e. The number of amides is 1. The van der Waals surface area contributed by atoms with Gasteiger partial charge in [0.1, 0.15) is 0 Å². The first kappa shape index (κ1) is 6.37. The minimum atomic E-state index is 0.0608. The van der Waals surface area contributed by atoms with Gasteiger partial charge in [0, 0.05) is 6.54 Å². The number of hydrogen-bond acceptors (Lipinski definition) is 2. The fourth-order valence-corrected chi connectivity index (χ4v) is 2.56. The molecule has 1 amide bonds. The minimum Gasteiger partial charge on any atom is -0.347 e. The molecule has 4 heteroatoms. The highest BCUT2D eigenvalue weighted by molar-refractivity contribution is 9.11. The summed E-state index contributed by atoms with van der Waals surface area (Å²) in [5, 5.41) is 2.74. The molecular formula is C6H4BrNOS. The van der Waals surface area contributed by atoms with Crippen LogP contribution >= 0.6 is 27.3 Å². The van der Waals surface area contributed by atoms with Gasteiger partial charge in [-0.2, -0.15) is 0 Å². The molecule has 1 aromatic rings. The number of hydrogen-bond donors (Lipinski definition) is 1. The maximum absolute atomic E-state index is 11.0. The number of rotatable bonds is 0. The molecule has 1 aliphatic heterocycles. The van der Waals surface area contributed by atoms with E-state index in [4.69, 9.17) is 0 Å². The Hall–Kier alpha value is -0.350. The Bertz CT molecular complexity index is 294. The molecule has 0 unspecified atom stereocenters. The monoisotopic (exact) mass is 217 g/mol. The highest BCUT2D eigenvalue weighted by Gasteiger charge is 2.21. The van der Waals surface area contributed by atoms with E-state index < -0.39 is 0 Å². The summed E-state index contributed by atoms with van der Waals surface area (Å²) in [4.78, 5) is 11.8. The number of carbonyl (C=O) groups is 1. The van der Waals surface area contributed by atoms with Crippen LogP contribution in [0.1, 0.15) is 15.2 Å². The number of fused-ring (bicyclic) bond motifs is 1. The van der Waals surface area contributed by atoms with Gasteiger partial charge in [0.25, 0.3) is 5.91 Å². The van der Waals surface area contributed by atoms with E-state index in [1.807, 2.05) is 6.07 Å². The van der Waals surface area contributed by atoms with E-state index in [0.717, 1.165) is 14.2 Å². The molecule has 0 radical (unpaired) electrons. The molecule has 10 heavy (non-hydrogen) atoms. The average Bonchev–Trinajstić information content (AvgIpc) is 2.35. The van der Waals surface area contributed by atoms with Gasteiger partial charge < -0.3 is 5.32 Å². The van der Waals surface area contributed by atoms with Gasteiger partial charge in [0.05, 0.1) is 8.66 Å². The molecule has 0 spiro atoms. The number of thiophene rings is 1. The van der Waals surface area contributed by atoms with E-state index >= 15 is 0 Å². The molecular weight excluding hydrogens is 214 g/mol. The molecule has 0 fully saturated rings. The first-order chi connectivity index (χ1) is 4.77. The number of nitrogens with one attached hydrogen (secondary N) is 1. The smallest absolute Gasteiger partial charge is 0.262 e. The third-order valence-corrected chi connectivity index (χ3v) is 3.10. The molecule has 0 atom stereocenters. The van der Waals surface area contributed by atoms with Gasteiger partial charge in [-0.15, -0.1) is 11.3 Å². The van der Waals surface area contributed by atoms with Gasteiger partial charge in [-0.25, -0.2) is 0 Å². The summed E-state index contributed by atoms with van der Waals surface area (Å²) in [7, 11) is 0. The second-order valence-corrected chi connectivity index (χ2v) is 4.52. The van der Waals surface area contributed by atoms with Crippen molar-refractivity contribution in [1.82, 2.24) is 5.32 Å². The first-order valence-electron chi connectivity index (χ1n) is 2.84. The summed E-state index contributed by atoms with van der Waals surface area (Å²) in [6.45, 7) is 0.691. The zero-order chi connectivity index (χ0) is 7.14. The van der Waals surface area contributed by atoms with Crippen LogP contribution in [0.4, 0.5) is 0 Å². The van der Waals surface area contributed by atoms with Crippen molar-refractivity contribution < 1.29 is 4.79 Å². The predicted molar refractivity (Wildman–Crippen MR) is 43.2 cm³/mol. The lowest BCUT2D eigenvalue weighted by Gasteiger charge is -1.86. The van der Waals surface area contributed by atoms with E-state index in [-0.39, 0.29) is 5.91 Å². The molecule has 1 N–H and O–H groups in total. The Balaban J connectivity index is 2.59. The third-order valence-electron chi connectivity index (χ3n) is 1.42. The standard InChI is InChI=1S/C6H4BrNOS/c7-4-1-3-2-8-6(9)5(3)10-4/h1H,2H2,(H,8,9). The molecule has 1 aliphatic rings. The van der Waals surface area contributed by atoms with E-state index in [1.54, 1.807) is 0 Å². The molecule has 1 aromatic heterocycles. The van der Waals surface area contributed by atoms with Gasteiger partial charge in [-0.1, -0.05) is 0 Å². The number of halogens is 1. The molecule has 0 saturated carbocycles. The predicted octanol–water partition coefficient (Wildman–Crippen LogP) is 1.75. The largest absolute Gasteiger partial charge is 0.347 e. The van der Waals surface area contributed by atoms with Crippen LogP contribution in [-0.4, -0.2) is 5.91 Å². The Morgan fingerprint density at radius 2 is 2.50 bits per heavy atom. The van der Waals surface area contributed by atoms with Crippen molar-refractivity contribution in [1.29, 1.82) is 0 Å². The van der Waals surface area contributed by atoms with Crippen molar-refractivity contribution in [3.05, 3.63) is 20.3 Å². The van der Waals surface area contributed by atoms with Crippen molar-refractivity contribution >= 4 is 33.2 Å². The summed E-state index contributed by atoms with van der Waals surface area (Å²) in [5.41, 5.74) is 1.11. The van der Waals surface area contributed by atoms with Gasteiger partial charge in [-0.05, 0) is 27.6 Å². The van der Waals surface area contributed by atoms with Crippen molar-refractivity contribution in [2.45, 2.75) is 6.54 Å². The van der Waals surface area contributed by atoms with E-state index in [0.29, 0.717) is 6.54 Å². The molecule has 2 heterocycles. The van der Waals surface area contributed by atoms with Crippen LogP contribution < -0.4 is 5.32 Å². The lowest BCUT2D eigenvalue weighted by atomic mass is 10.3. The SMILES string of the molecule is O=C1NCc2cc(Br)sc21. The highest BCUT2D eigenvalue weighted by atomic mass is 79.9. The van der Waals surface area contributed by atoms with E-state index in [9.17, 15) is 4.79 Å². The van der Waals surface area contributed by atoms with Crippen LogP contribution in [0.3, 0.4) is 0 Å². The summed E-state index contributed by atoms with van der Waals surface area (Å²) in [6.07, 6.45) is 0. The quantitative estimate of drug-likeness (QED) is 0.706. The third kappa shape index (κ3) is 0.793. The summed E-state index contributed by atoms with van der Waals surface area (Å²) >= 11 is 4.81. The normalized spacial score (nSPS) is 15.1. The zero-order valence-corrected chi connectivity index (χ0v) is 7.38. The Morgan fingerprint density at radius 3 is 3.20 bits per heavy atom. The zero-order valence-electron chi connectivity index (χ0n) is 4.98. The molecule has 52 valence electrons. The van der Waals surface area contributed by atoms with Crippen molar-refractivity contribution in [2.75, 3.05) is 0 Å². The van der Waals surface area contributed by atoms with Gasteiger partial charge in [-0.3, -0.25) is 4.79 Å². The molecule has 2 rings (SSSR count). The van der Waals surface area contributed by atoms with Crippen LogP contribution in [-0.2, 0) is 6.54 Å². The summed E-state index contributed by atoms with van der Waals surface area (Å²) < 4.78 is 1.03. The average molecular weight is 218 g/mol.